The van der Waals surface area contributed by atoms with E-state index in [2.05, 4.69) is 17.4 Å². The third kappa shape index (κ3) is 0.823. The SMILES string of the molecule is OB1NCC2=CCCC=C12. The van der Waals surface area contributed by atoms with Gasteiger partial charge < -0.3 is 10.3 Å². The van der Waals surface area contributed by atoms with Gasteiger partial charge in [-0.05, 0) is 23.9 Å². The first-order valence-corrected chi connectivity index (χ1v) is 3.69. The maximum Gasteiger partial charge on any atom is 0.413 e. The van der Waals surface area contributed by atoms with Crippen LogP contribution in [0.1, 0.15) is 12.8 Å². The maximum absolute atomic E-state index is 9.30. The topological polar surface area (TPSA) is 32.3 Å². The fourth-order valence-electron chi connectivity index (χ4n) is 1.52. The Bertz CT molecular complexity index is 210. The van der Waals surface area contributed by atoms with Crippen molar-refractivity contribution in [2.75, 3.05) is 6.54 Å². The van der Waals surface area contributed by atoms with Crippen molar-refractivity contribution in [1.29, 1.82) is 0 Å². The van der Waals surface area contributed by atoms with Gasteiger partial charge in [-0.2, -0.15) is 0 Å². The van der Waals surface area contributed by atoms with Crippen LogP contribution < -0.4 is 5.23 Å². The lowest BCUT2D eigenvalue weighted by atomic mass is 9.72. The number of hydrogen-bond acceptors (Lipinski definition) is 2. The summed E-state index contributed by atoms with van der Waals surface area (Å²) >= 11 is 0. The third-order valence-corrected chi connectivity index (χ3v) is 2.07. The van der Waals surface area contributed by atoms with Crippen molar-refractivity contribution < 1.29 is 5.02 Å². The summed E-state index contributed by atoms with van der Waals surface area (Å²) in [6.45, 7) is 0.840. The lowest BCUT2D eigenvalue weighted by Gasteiger charge is -2.05. The van der Waals surface area contributed by atoms with Crippen LogP contribution in [-0.2, 0) is 0 Å². The Morgan fingerprint density at radius 2 is 2.20 bits per heavy atom. The number of allylic oxidation sites excluding steroid dienone is 2. The Kier molecular flexibility index (Phi) is 1.40. The van der Waals surface area contributed by atoms with Gasteiger partial charge in [0, 0.05) is 6.54 Å². The second kappa shape index (κ2) is 2.25. The molecule has 1 aliphatic heterocycles. The molecule has 3 heteroatoms. The predicted molar refractivity (Wildman–Crippen MR) is 41.4 cm³/mol. The Labute approximate surface area is 60.8 Å². The highest BCUT2D eigenvalue weighted by Gasteiger charge is 2.28. The summed E-state index contributed by atoms with van der Waals surface area (Å²) in [5, 5.41) is 12.3. The fourth-order valence-corrected chi connectivity index (χ4v) is 1.52. The van der Waals surface area contributed by atoms with Crippen molar-refractivity contribution in [1.82, 2.24) is 5.23 Å². The molecule has 0 radical (unpaired) electrons. The van der Waals surface area contributed by atoms with Gasteiger partial charge in [-0.15, -0.1) is 0 Å². The van der Waals surface area contributed by atoms with Crippen LogP contribution in [0.5, 0.6) is 0 Å². The van der Waals surface area contributed by atoms with E-state index in [-0.39, 0.29) is 0 Å². The molecule has 0 unspecified atom stereocenters. The van der Waals surface area contributed by atoms with Gasteiger partial charge in [0.15, 0.2) is 0 Å². The Morgan fingerprint density at radius 3 is 3.00 bits per heavy atom. The zero-order chi connectivity index (χ0) is 6.97. The second-order valence-corrected chi connectivity index (χ2v) is 2.75. The number of nitrogens with one attached hydrogen (secondary N) is 1. The van der Waals surface area contributed by atoms with Crippen molar-refractivity contribution in [3.05, 3.63) is 23.2 Å². The van der Waals surface area contributed by atoms with E-state index in [0.717, 1.165) is 24.9 Å². The molecule has 2 aliphatic rings. The summed E-state index contributed by atoms with van der Waals surface area (Å²) in [5.74, 6) is 0. The Morgan fingerprint density at radius 1 is 1.40 bits per heavy atom. The van der Waals surface area contributed by atoms with Gasteiger partial charge in [-0.25, -0.2) is 0 Å². The molecule has 0 atom stereocenters. The van der Waals surface area contributed by atoms with Gasteiger partial charge in [0.05, 0.1) is 0 Å². The zero-order valence-electron chi connectivity index (χ0n) is 5.80. The van der Waals surface area contributed by atoms with Crippen LogP contribution in [0, 0.1) is 0 Å². The molecule has 0 bridgehead atoms. The molecule has 1 fully saturated rings. The molecule has 1 heterocycles. The van der Waals surface area contributed by atoms with Crippen LogP contribution in [0.4, 0.5) is 0 Å². The molecule has 0 saturated carbocycles. The summed E-state index contributed by atoms with van der Waals surface area (Å²) in [6, 6.07) is 0. The first-order valence-electron chi connectivity index (χ1n) is 3.69. The normalized spacial score (nSPS) is 23.9. The molecule has 2 nitrogen and oxygen atoms in total. The highest BCUT2D eigenvalue weighted by atomic mass is 16.2. The lowest BCUT2D eigenvalue weighted by Crippen LogP contribution is -2.27. The molecular weight excluding hydrogens is 125 g/mol. The van der Waals surface area contributed by atoms with Crippen LogP contribution in [0.2, 0.25) is 0 Å². The smallest absolute Gasteiger partial charge is 0.413 e. The van der Waals surface area contributed by atoms with E-state index in [0.29, 0.717) is 0 Å². The molecule has 52 valence electrons. The van der Waals surface area contributed by atoms with E-state index in [9.17, 15) is 5.02 Å². The molecule has 10 heavy (non-hydrogen) atoms. The molecule has 0 spiro atoms. The lowest BCUT2D eigenvalue weighted by molar-refractivity contribution is 0.571. The molecule has 2 rings (SSSR count). The van der Waals surface area contributed by atoms with E-state index < -0.39 is 7.05 Å². The Hall–Kier alpha value is -0.535. The van der Waals surface area contributed by atoms with Gasteiger partial charge in [-0.3, -0.25) is 0 Å². The Balaban J connectivity index is 2.31. The van der Waals surface area contributed by atoms with Crippen LogP contribution in [-0.4, -0.2) is 18.6 Å². The first kappa shape index (κ1) is 6.19. The van der Waals surface area contributed by atoms with Crippen LogP contribution >= 0.6 is 0 Å². The van der Waals surface area contributed by atoms with Crippen molar-refractivity contribution in [2.24, 2.45) is 0 Å². The van der Waals surface area contributed by atoms with E-state index in [1.165, 1.54) is 5.57 Å². The first-order chi connectivity index (χ1) is 4.88. The molecule has 2 N–H and O–H groups in total. The van der Waals surface area contributed by atoms with Gasteiger partial charge in [-0.1, -0.05) is 12.2 Å². The van der Waals surface area contributed by atoms with Crippen molar-refractivity contribution in [3.8, 4) is 0 Å². The molecule has 0 aromatic carbocycles. The summed E-state index contributed by atoms with van der Waals surface area (Å²) in [5.41, 5.74) is 2.39. The van der Waals surface area contributed by atoms with E-state index in [1.807, 2.05) is 0 Å². The molecule has 1 saturated heterocycles. The zero-order valence-corrected chi connectivity index (χ0v) is 5.80. The van der Waals surface area contributed by atoms with E-state index >= 15 is 0 Å². The van der Waals surface area contributed by atoms with Gasteiger partial charge in [0.25, 0.3) is 0 Å². The van der Waals surface area contributed by atoms with E-state index in [4.69, 9.17) is 0 Å². The minimum absolute atomic E-state index is 0.397. The molecule has 0 aromatic rings. The van der Waals surface area contributed by atoms with Crippen LogP contribution in [0.3, 0.4) is 0 Å². The summed E-state index contributed by atoms with van der Waals surface area (Å²) < 4.78 is 0. The molecular formula is C7H10BNO. The van der Waals surface area contributed by atoms with Crippen LogP contribution in [0.15, 0.2) is 23.2 Å². The largest absolute Gasteiger partial charge is 0.433 e. The second-order valence-electron chi connectivity index (χ2n) is 2.75. The van der Waals surface area contributed by atoms with Gasteiger partial charge in [0.2, 0.25) is 0 Å². The summed E-state index contributed by atoms with van der Waals surface area (Å²) in [4.78, 5) is 0. The highest BCUT2D eigenvalue weighted by Crippen LogP contribution is 2.22. The standard InChI is InChI=1S/C7H10BNO/c10-8-7-4-2-1-3-6(7)5-9-8/h3-4,9-10H,1-2,5H2. The minimum Gasteiger partial charge on any atom is -0.433 e. The quantitative estimate of drug-likeness (QED) is 0.467. The summed E-state index contributed by atoms with van der Waals surface area (Å²) in [7, 11) is -0.397. The average molecular weight is 135 g/mol. The van der Waals surface area contributed by atoms with Gasteiger partial charge >= 0.3 is 7.05 Å². The number of rotatable bonds is 0. The minimum atomic E-state index is -0.397. The number of fused-ring (bicyclic) bond motifs is 1. The van der Waals surface area contributed by atoms with Crippen molar-refractivity contribution in [3.63, 3.8) is 0 Å². The van der Waals surface area contributed by atoms with Gasteiger partial charge in [0.1, 0.15) is 0 Å². The highest BCUT2D eigenvalue weighted by molar-refractivity contribution is 6.59. The molecule has 0 amide bonds. The third-order valence-electron chi connectivity index (χ3n) is 2.07. The van der Waals surface area contributed by atoms with E-state index in [1.54, 1.807) is 0 Å². The molecule has 1 aliphatic carbocycles. The fraction of sp³-hybridized carbons (Fsp3) is 0.429. The number of hydrogen-bond donors (Lipinski definition) is 2. The predicted octanol–water partition coefficient (Wildman–Crippen LogP) is 0.256. The van der Waals surface area contributed by atoms with Crippen LogP contribution in [0.25, 0.3) is 0 Å². The van der Waals surface area contributed by atoms with Crippen molar-refractivity contribution in [2.45, 2.75) is 12.8 Å². The molecule has 0 aromatic heterocycles. The average Bonchev–Trinajstić information content (AvgIpc) is 2.34. The monoisotopic (exact) mass is 135 g/mol. The maximum atomic E-state index is 9.30. The van der Waals surface area contributed by atoms with Crippen molar-refractivity contribution >= 4 is 7.05 Å². The summed E-state index contributed by atoms with van der Waals surface area (Å²) in [6.07, 6.45) is 6.54.